The fourth-order valence-electron chi connectivity index (χ4n) is 1.70. The zero-order chi connectivity index (χ0) is 13.4. The fourth-order valence-corrected chi connectivity index (χ4v) is 2.05. The van der Waals surface area contributed by atoms with Crippen LogP contribution in [-0.2, 0) is 9.59 Å². The first-order valence-corrected chi connectivity index (χ1v) is 6.07. The van der Waals surface area contributed by atoms with Crippen LogP contribution >= 0.6 is 15.9 Å². The van der Waals surface area contributed by atoms with Crippen molar-refractivity contribution < 1.29 is 14.4 Å². The lowest BCUT2D eigenvalue weighted by atomic mass is 10.1. The Kier molecular flexibility index (Phi) is 3.21. The number of rotatable bonds is 2. The Morgan fingerprint density at radius 2 is 2.00 bits per heavy atom. The zero-order valence-electron chi connectivity index (χ0n) is 9.94. The molecule has 1 aromatic carbocycles. The van der Waals surface area contributed by atoms with Gasteiger partial charge >= 0.3 is 0 Å². The number of fused-ring (bicyclic) bond motifs is 1. The number of carbonyl (C=O) groups excluding carboxylic acids is 3. The molecule has 5 nitrogen and oxygen atoms in total. The SMILES string of the molecule is CN(C)C(=O)CN1C(=O)C(=O)c2ccc(Br)cc21. The van der Waals surface area contributed by atoms with Gasteiger partial charge in [0.1, 0.15) is 6.54 Å². The monoisotopic (exact) mass is 310 g/mol. The van der Waals surface area contributed by atoms with Gasteiger partial charge in [0.2, 0.25) is 5.91 Å². The molecule has 0 unspecified atom stereocenters. The Balaban J connectivity index is 2.39. The van der Waals surface area contributed by atoms with Crippen LogP contribution in [0.15, 0.2) is 22.7 Å². The van der Waals surface area contributed by atoms with E-state index in [0.29, 0.717) is 11.3 Å². The third kappa shape index (κ3) is 2.03. The van der Waals surface area contributed by atoms with Crippen LogP contribution in [0.3, 0.4) is 0 Å². The molecule has 0 fully saturated rings. The van der Waals surface area contributed by atoms with Gasteiger partial charge in [-0.1, -0.05) is 15.9 Å². The van der Waals surface area contributed by atoms with Gasteiger partial charge in [-0.05, 0) is 18.2 Å². The summed E-state index contributed by atoms with van der Waals surface area (Å²) in [5, 5.41) is 0. The van der Waals surface area contributed by atoms with Gasteiger partial charge in [0.15, 0.2) is 0 Å². The van der Waals surface area contributed by atoms with Crippen molar-refractivity contribution in [2.75, 3.05) is 25.5 Å². The van der Waals surface area contributed by atoms with Crippen molar-refractivity contribution in [3.63, 3.8) is 0 Å². The summed E-state index contributed by atoms with van der Waals surface area (Å²) < 4.78 is 0.756. The van der Waals surface area contributed by atoms with Gasteiger partial charge in [-0.25, -0.2) is 0 Å². The summed E-state index contributed by atoms with van der Waals surface area (Å²) in [7, 11) is 3.21. The molecule has 1 aliphatic heterocycles. The number of amides is 2. The van der Waals surface area contributed by atoms with Crippen LogP contribution < -0.4 is 4.90 Å². The highest BCUT2D eigenvalue weighted by Gasteiger charge is 2.36. The number of ketones is 1. The molecule has 1 heterocycles. The molecule has 94 valence electrons. The van der Waals surface area contributed by atoms with Crippen LogP contribution in [0, 0.1) is 0 Å². The van der Waals surface area contributed by atoms with Crippen LogP contribution in [0.4, 0.5) is 5.69 Å². The van der Waals surface area contributed by atoms with E-state index in [0.717, 1.165) is 4.47 Å². The van der Waals surface area contributed by atoms with Gasteiger partial charge in [0.25, 0.3) is 11.7 Å². The molecule has 0 saturated heterocycles. The van der Waals surface area contributed by atoms with Crippen LogP contribution in [0.1, 0.15) is 10.4 Å². The third-order valence-corrected chi connectivity index (χ3v) is 3.22. The molecule has 2 amide bonds. The number of nitrogens with zero attached hydrogens (tertiary/aromatic N) is 2. The highest BCUT2D eigenvalue weighted by molar-refractivity contribution is 9.10. The molecule has 6 heteroatoms. The van der Waals surface area contributed by atoms with Crippen molar-refractivity contribution in [1.29, 1.82) is 0 Å². The summed E-state index contributed by atoms with van der Waals surface area (Å²) in [6.07, 6.45) is 0. The second-order valence-corrected chi connectivity index (χ2v) is 5.09. The minimum atomic E-state index is -0.654. The molecule has 0 N–H and O–H groups in total. The Morgan fingerprint density at radius 3 is 2.61 bits per heavy atom. The quantitative estimate of drug-likeness (QED) is 0.768. The van der Waals surface area contributed by atoms with Gasteiger partial charge in [0.05, 0.1) is 11.3 Å². The van der Waals surface area contributed by atoms with Gasteiger partial charge in [-0.2, -0.15) is 0 Å². The van der Waals surface area contributed by atoms with Crippen LogP contribution in [-0.4, -0.2) is 43.1 Å². The van der Waals surface area contributed by atoms with E-state index in [1.54, 1.807) is 32.3 Å². The number of benzene rings is 1. The number of anilines is 1. The first kappa shape index (κ1) is 12.8. The molecular formula is C12H11BrN2O3. The maximum Gasteiger partial charge on any atom is 0.299 e. The Hall–Kier alpha value is -1.69. The summed E-state index contributed by atoms with van der Waals surface area (Å²) in [4.78, 5) is 37.8. The maximum atomic E-state index is 11.8. The van der Waals surface area contributed by atoms with Gasteiger partial charge in [0, 0.05) is 18.6 Å². The molecule has 18 heavy (non-hydrogen) atoms. The average molecular weight is 311 g/mol. The van der Waals surface area contributed by atoms with Crippen molar-refractivity contribution in [3.05, 3.63) is 28.2 Å². The van der Waals surface area contributed by atoms with Gasteiger partial charge in [-0.15, -0.1) is 0 Å². The molecule has 0 aromatic heterocycles. The van der Waals surface area contributed by atoms with Crippen molar-refractivity contribution >= 4 is 39.2 Å². The fraction of sp³-hybridized carbons (Fsp3) is 0.250. The van der Waals surface area contributed by atoms with E-state index in [9.17, 15) is 14.4 Å². The summed E-state index contributed by atoms with van der Waals surface area (Å²) in [5.74, 6) is -1.45. The van der Waals surface area contributed by atoms with Crippen molar-refractivity contribution in [1.82, 2.24) is 4.90 Å². The number of hydrogen-bond acceptors (Lipinski definition) is 3. The Bertz CT molecular complexity index is 554. The molecular weight excluding hydrogens is 300 g/mol. The predicted octanol–water partition coefficient (Wildman–Crippen LogP) is 1.07. The highest BCUT2D eigenvalue weighted by Crippen LogP contribution is 2.31. The predicted molar refractivity (Wildman–Crippen MR) is 69.5 cm³/mol. The van der Waals surface area contributed by atoms with E-state index in [-0.39, 0.29) is 12.5 Å². The third-order valence-electron chi connectivity index (χ3n) is 2.73. The molecule has 0 aliphatic carbocycles. The van der Waals surface area contributed by atoms with Crippen molar-refractivity contribution in [3.8, 4) is 0 Å². The normalized spacial score (nSPS) is 13.8. The Labute approximate surface area is 112 Å². The summed E-state index contributed by atoms with van der Waals surface area (Å²) >= 11 is 3.28. The lowest BCUT2D eigenvalue weighted by Crippen LogP contribution is -2.39. The molecule has 0 radical (unpaired) electrons. The summed E-state index contributed by atoms with van der Waals surface area (Å²) in [5.41, 5.74) is 0.823. The number of hydrogen-bond donors (Lipinski definition) is 0. The van der Waals surface area contributed by atoms with E-state index in [4.69, 9.17) is 0 Å². The molecule has 0 bridgehead atoms. The van der Waals surface area contributed by atoms with E-state index in [2.05, 4.69) is 15.9 Å². The smallest absolute Gasteiger partial charge is 0.299 e. The van der Waals surface area contributed by atoms with Gasteiger partial charge < -0.3 is 4.90 Å². The number of likely N-dealkylation sites (N-methyl/N-ethyl adjacent to an activating group) is 1. The summed E-state index contributed by atoms with van der Waals surface area (Å²) in [6.45, 7) is -0.124. The summed E-state index contributed by atoms with van der Waals surface area (Å²) in [6, 6.07) is 4.95. The zero-order valence-corrected chi connectivity index (χ0v) is 11.5. The number of Topliss-reactive ketones (excluding diaryl/α,β-unsaturated/α-hetero) is 1. The molecule has 2 rings (SSSR count). The number of halogens is 1. The molecule has 1 aromatic rings. The lowest BCUT2D eigenvalue weighted by Gasteiger charge is -2.18. The lowest BCUT2D eigenvalue weighted by molar-refractivity contribution is -0.128. The average Bonchev–Trinajstić information content (AvgIpc) is 2.54. The van der Waals surface area contributed by atoms with Crippen LogP contribution in [0.25, 0.3) is 0 Å². The topological polar surface area (TPSA) is 57.7 Å². The molecule has 1 aliphatic rings. The second-order valence-electron chi connectivity index (χ2n) is 4.17. The minimum absolute atomic E-state index is 0.124. The van der Waals surface area contributed by atoms with E-state index in [1.165, 1.54) is 9.80 Å². The van der Waals surface area contributed by atoms with Crippen LogP contribution in [0.2, 0.25) is 0 Å². The Morgan fingerprint density at radius 1 is 1.33 bits per heavy atom. The minimum Gasteiger partial charge on any atom is -0.347 e. The highest BCUT2D eigenvalue weighted by atomic mass is 79.9. The van der Waals surface area contributed by atoms with E-state index >= 15 is 0 Å². The standard InChI is InChI=1S/C12H11BrN2O3/c1-14(2)10(16)6-15-9-5-7(13)3-4-8(9)11(17)12(15)18/h3-5H,6H2,1-2H3. The molecule has 0 saturated carbocycles. The van der Waals surface area contributed by atoms with E-state index in [1.807, 2.05) is 0 Å². The first-order chi connectivity index (χ1) is 8.41. The van der Waals surface area contributed by atoms with Crippen molar-refractivity contribution in [2.24, 2.45) is 0 Å². The van der Waals surface area contributed by atoms with Gasteiger partial charge in [-0.3, -0.25) is 19.3 Å². The number of carbonyl (C=O) groups is 3. The molecule has 0 atom stereocenters. The second kappa shape index (κ2) is 4.53. The first-order valence-electron chi connectivity index (χ1n) is 5.27. The van der Waals surface area contributed by atoms with E-state index < -0.39 is 11.7 Å². The maximum absolute atomic E-state index is 11.8. The molecule has 0 spiro atoms. The van der Waals surface area contributed by atoms with Crippen LogP contribution in [0.5, 0.6) is 0 Å². The van der Waals surface area contributed by atoms with Crippen molar-refractivity contribution in [2.45, 2.75) is 0 Å². The largest absolute Gasteiger partial charge is 0.347 e.